The quantitative estimate of drug-likeness (QED) is 0.589. The first-order valence-corrected chi connectivity index (χ1v) is 7.57. The molecular weight excluding hydrogens is 306 g/mol. The monoisotopic (exact) mass is 321 g/mol. The molecule has 0 aromatic heterocycles. The highest BCUT2D eigenvalue weighted by atomic mass is 35.5. The average molecular weight is 322 g/mol. The zero-order valence-electron chi connectivity index (χ0n) is 12.8. The SMILES string of the molecule is CN(CCC#N)c1ccc(/C=C(/C#N)c2ccc(Cl)cc2)cc1. The fraction of sp³-hybridized carbons (Fsp3) is 0.158. The largest absolute Gasteiger partial charge is 0.374 e. The summed E-state index contributed by atoms with van der Waals surface area (Å²) in [4.78, 5) is 2.03. The Labute approximate surface area is 141 Å². The number of anilines is 1. The lowest BCUT2D eigenvalue weighted by Gasteiger charge is -2.17. The molecule has 114 valence electrons. The van der Waals surface area contributed by atoms with E-state index in [1.54, 1.807) is 12.1 Å². The van der Waals surface area contributed by atoms with Crippen molar-refractivity contribution in [3.63, 3.8) is 0 Å². The van der Waals surface area contributed by atoms with Crippen molar-refractivity contribution >= 4 is 28.9 Å². The summed E-state index contributed by atoms with van der Waals surface area (Å²) in [6.45, 7) is 0.694. The lowest BCUT2D eigenvalue weighted by molar-refractivity contribution is 0.905. The summed E-state index contributed by atoms with van der Waals surface area (Å²) in [5.74, 6) is 0. The van der Waals surface area contributed by atoms with Crippen molar-refractivity contribution in [1.29, 1.82) is 10.5 Å². The third-order valence-corrected chi connectivity index (χ3v) is 3.73. The van der Waals surface area contributed by atoms with E-state index in [0.29, 0.717) is 23.6 Å². The molecule has 4 heteroatoms. The van der Waals surface area contributed by atoms with Crippen LogP contribution in [0.5, 0.6) is 0 Å². The second-order valence-electron chi connectivity index (χ2n) is 5.10. The highest BCUT2D eigenvalue weighted by Crippen LogP contribution is 2.21. The predicted octanol–water partition coefficient (Wildman–Crippen LogP) is 4.75. The third kappa shape index (κ3) is 4.61. The van der Waals surface area contributed by atoms with Crippen LogP contribution in [0.4, 0.5) is 5.69 Å². The molecule has 0 radical (unpaired) electrons. The van der Waals surface area contributed by atoms with Gasteiger partial charge in [-0.25, -0.2) is 0 Å². The number of hydrogen-bond donors (Lipinski definition) is 0. The predicted molar refractivity (Wildman–Crippen MR) is 94.9 cm³/mol. The first-order chi connectivity index (χ1) is 11.1. The molecule has 0 aliphatic rings. The number of benzene rings is 2. The lowest BCUT2D eigenvalue weighted by Crippen LogP contribution is -2.17. The van der Waals surface area contributed by atoms with Gasteiger partial charge in [-0.05, 0) is 41.5 Å². The van der Waals surface area contributed by atoms with Gasteiger partial charge in [-0.3, -0.25) is 0 Å². The van der Waals surface area contributed by atoms with Crippen LogP contribution in [0.2, 0.25) is 5.02 Å². The summed E-state index contributed by atoms with van der Waals surface area (Å²) in [5, 5.41) is 18.6. The van der Waals surface area contributed by atoms with Gasteiger partial charge < -0.3 is 4.90 Å². The molecule has 0 spiro atoms. The number of allylic oxidation sites excluding steroid dienone is 1. The molecule has 0 amide bonds. The summed E-state index contributed by atoms with van der Waals surface area (Å²) in [6, 6.07) is 19.5. The summed E-state index contributed by atoms with van der Waals surface area (Å²) in [6.07, 6.45) is 2.34. The van der Waals surface area contributed by atoms with Crippen molar-refractivity contribution < 1.29 is 0 Å². The summed E-state index contributed by atoms with van der Waals surface area (Å²) in [5.41, 5.74) is 3.43. The summed E-state index contributed by atoms with van der Waals surface area (Å²) in [7, 11) is 1.95. The van der Waals surface area contributed by atoms with E-state index in [4.69, 9.17) is 16.9 Å². The Hall–Kier alpha value is -2.75. The van der Waals surface area contributed by atoms with Crippen LogP contribution in [0.1, 0.15) is 17.5 Å². The first-order valence-electron chi connectivity index (χ1n) is 7.20. The Morgan fingerprint density at radius 1 is 1.09 bits per heavy atom. The zero-order chi connectivity index (χ0) is 16.7. The van der Waals surface area contributed by atoms with Gasteiger partial charge in [-0.2, -0.15) is 10.5 Å². The molecule has 2 rings (SSSR count). The fourth-order valence-corrected chi connectivity index (χ4v) is 2.27. The van der Waals surface area contributed by atoms with Crippen LogP contribution in [-0.2, 0) is 0 Å². The van der Waals surface area contributed by atoms with E-state index < -0.39 is 0 Å². The van der Waals surface area contributed by atoms with Crippen LogP contribution in [0.3, 0.4) is 0 Å². The van der Waals surface area contributed by atoms with Gasteiger partial charge in [0.15, 0.2) is 0 Å². The summed E-state index contributed by atoms with van der Waals surface area (Å²) >= 11 is 5.88. The van der Waals surface area contributed by atoms with E-state index in [1.165, 1.54) is 0 Å². The molecule has 2 aromatic rings. The van der Waals surface area contributed by atoms with Crippen molar-refractivity contribution in [2.24, 2.45) is 0 Å². The molecule has 0 atom stereocenters. The molecule has 23 heavy (non-hydrogen) atoms. The number of hydrogen-bond acceptors (Lipinski definition) is 3. The molecule has 0 bridgehead atoms. The topological polar surface area (TPSA) is 50.8 Å². The van der Waals surface area contributed by atoms with Gasteiger partial charge in [0.05, 0.1) is 24.1 Å². The maximum atomic E-state index is 9.36. The van der Waals surface area contributed by atoms with Crippen LogP contribution in [-0.4, -0.2) is 13.6 Å². The third-order valence-electron chi connectivity index (χ3n) is 3.48. The standard InChI is InChI=1S/C19H16ClN3/c1-23(12-2-11-21)19-9-3-15(4-10-19)13-17(14-22)16-5-7-18(20)8-6-16/h3-10,13H,2,12H2,1H3/b17-13-. The van der Waals surface area contributed by atoms with Crippen molar-refractivity contribution in [2.45, 2.75) is 6.42 Å². The van der Waals surface area contributed by atoms with Gasteiger partial charge in [-0.15, -0.1) is 0 Å². The van der Waals surface area contributed by atoms with Crippen molar-refractivity contribution in [3.05, 3.63) is 64.7 Å². The molecule has 3 nitrogen and oxygen atoms in total. The fourth-order valence-electron chi connectivity index (χ4n) is 2.15. The van der Waals surface area contributed by atoms with E-state index in [0.717, 1.165) is 16.8 Å². The maximum absolute atomic E-state index is 9.36. The highest BCUT2D eigenvalue weighted by molar-refractivity contribution is 6.30. The van der Waals surface area contributed by atoms with Gasteiger partial charge in [0.1, 0.15) is 0 Å². The Kier molecular flexibility index (Phi) is 5.80. The molecule has 0 unspecified atom stereocenters. The van der Waals surface area contributed by atoms with Crippen LogP contribution in [0, 0.1) is 22.7 Å². The molecule has 0 heterocycles. The van der Waals surface area contributed by atoms with E-state index in [1.807, 2.05) is 54.4 Å². The molecule has 0 aliphatic heterocycles. The van der Waals surface area contributed by atoms with Crippen LogP contribution in [0.25, 0.3) is 11.6 Å². The smallest absolute Gasteiger partial charge is 0.0998 e. The minimum Gasteiger partial charge on any atom is -0.374 e. The van der Waals surface area contributed by atoms with Gasteiger partial charge in [0.2, 0.25) is 0 Å². The number of nitriles is 2. The lowest BCUT2D eigenvalue weighted by atomic mass is 10.0. The maximum Gasteiger partial charge on any atom is 0.0998 e. The minimum atomic E-state index is 0.493. The average Bonchev–Trinajstić information content (AvgIpc) is 2.59. The second kappa shape index (κ2) is 8.03. The normalized spacial score (nSPS) is 10.7. The Morgan fingerprint density at radius 3 is 2.30 bits per heavy atom. The Balaban J connectivity index is 2.19. The van der Waals surface area contributed by atoms with E-state index in [2.05, 4.69) is 12.1 Å². The number of rotatable bonds is 5. The van der Waals surface area contributed by atoms with Gasteiger partial charge >= 0.3 is 0 Å². The highest BCUT2D eigenvalue weighted by Gasteiger charge is 2.03. The van der Waals surface area contributed by atoms with Crippen LogP contribution >= 0.6 is 11.6 Å². The first kappa shape index (κ1) is 16.6. The second-order valence-corrected chi connectivity index (χ2v) is 5.53. The Bertz CT molecular complexity index is 762. The van der Waals surface area contributed by atoms with E-state index in [-0.39, 0.29) is 0 Å². The Morgan fingerprint density at radius 2 is 1.74 bits per heavy atom. The molecule has 0 aliphatic carbocycles. The van der Waals surface area contributed by atoms with Gasteiger partial charge in [0, 0.05) is 24.3 Å². The summed E-state index contributed by atoms with van der Waals surface area (Å²) < 4.78 is 0. The molecule has 0 fully saturated rings. The van der Waals surface area contributed by atoms with Crippen LogP contribution < -0.4 is 4.90 Å². The number of halogens is 1. The minimum absolute atomic E-state index is 0.493. The van der Waals surface area contributed by atoms with Crippen LogP contribution in [0.15, 0.2) is 48.5 Å². The van der Waals surface area contributed by atoms with Crippen molar-refractivity contribution in [1.82, 2.24) is 0 Å². The molecular formula is C19H16ClN3. The van der Waals surface area contributed by atoms with Gasteiger partial charge in [-0.1, -0.05) is 35.9 Å². The van der Waals surface area contributed by atoms with E-state index in [9.17, 15) is 5.26 Å². The van der Waals surface area contributed by atoms with Gasteiger partial charge in [0.25, 0.3) is 0 Å². The van der Waals surface area contributed by atoms with Crippen molar-refractivity contribution in [2.75, 3.05) is 18.5 Å². The number of nitrogens with zero attached hydrogens (tertiary/aromatic N) is 3. The molecule has 0 saturated carbocycles. The molecule has 2 aromatic carbocycles. The molecule has 0 saturated heterocycles. The van der Waals surface area contributed by atoms with Crippen molar-refractivity contribution in [3.8, 4) is 12.1 Å². The van der Waals surface area contributed by atoms with E-state index >= 15 is 0 Å². The molecule has 0 N–H and O–H groups in total. The zero-order valence-corrected chi connectivity index (χ0v) is 13.6.